The monoisotopic (exact) mass is 367 g/mol. The smallest absolute Gasteiger partial charge is 0.212 e. The third-order valence-electron chi connectivity index (χ3n) is 3.79. The van der Waals surface area contributed by atoms with E-state index in [0.717, 1.165) is 23.6 Å². The van der Waals surface area contributed by atoms with Crippen LogP contribution in [0.3, 0.4) is 0 Å². The van der Waals surface area contributed by atoms with E-state index in [1.54, 1.807) is 6.92 Å². The maximum atomic E-state index is 12.1. The summed E-state index contributed by atoms with van der Waals surface area (Å²) in [4.78, 5) is 0. The van der Waals surface area contributed by atoms with Crippen molar-refractivity contribution in [3.8, 4) is 0 Å². The lowest BCUT2D eigenvalue weighted by Crippen LogP contribution is -2.45. The highest BCUT2D eigenvalue weighted by Gasteiger charge is 2.37. The van der Waals surface area contributed by atoms with Crippen LogP contribution in [0.25, 0.3) is 0 Å². The van der Waals surface area contributed by atoms with E-state index in [0.29, 0.717) is 3.71 Å². The molecule has 0 aliphatic rings. The molecule has 2 rings (SSSR count). The van der Waals surface area contributed by atoms with E-state index in [9.17, 15) is 16.8 Å². The zero-order valence-electron chi connectivity index (χ0n) is 13.8. The lowest BCUT2D eigenvalue weighted by Gasteiger charge is -2.32. The van der Waals surface area contributed by atoms with Crippen molar-refractivity contribution >= 4 is 20.0 Å². The number of hydrogen-bond acceptors (Lipinski definition) is 4. The van der Waals surface area contributed by atoms with Crippen LogP contribution in [-0.4, -0.2) is 39.1 Å². The summed E-state index contributed by atoms with van der Waals surface area (Å²) in [6.45, 7) is 1.62. The number of rotatable bonds is 6. The summed E-state index contributed by atoms with van der Waals surface area (Å²) in [6.07, 6.45) is 1.83. The average Bonchev–Trinajstić information content (AvgIpc) is 2.46. The van der Waals surface area contributed by atoms with Gasteiger partial charge >= 0.3 is 0 Å². The molecule has 0 aliphatic heterocycles. The molecular formula is C17H21NO4S2. The highest BCUT2D eigenvalue weighted by molar-refractivity contribution is 8.03. The number of hydrogen-bond donors (Lipinski definition) is 0. The van der Waals surface area contributed by atoms with Gasteiger partial charge in [-0.2, -0.15) is 0 Å². The summed E-state index contributed by atoms with van der Waals surface area (Å²) in [5, 5.41) is 0. The molecule has 0 saturated carbocycles. The van der Waals surface area contributed by atoms with Gasteiger partial charge in [0.2, 0.25) is 20.0 Å². The van der Waals surface area contributed by atoms with Crippen LogP contribution in [0, 0.1) is 0 Å². The Morgan fingerprint density at radius 1 is 0.708 bits per heavy atom. The van der Waals surface area contributed by atoms with E-state index in [4.69, 9.17) is 0 Å². The molecule has 0 heterocycles. The molecule has 0 fully saturated rings. The Bertz CT molecular complexity index is 807. The Labute approximate surface area is 144 Å². The minimum Gasteiger partial charge on any atom is -0.212 e. The molecule has 24 heavy (non-hydrogen) atoms. The molecule has 0 amide bonds. The quantitative estimate of drug-likeness (QED) is 0.786. The normalized spacial score (nSPS) is 14.0. The number of sulfonamides is 2. The summed E-state index contributed by atoms with van der Waals surface area (Å²) in [7, 11) is -7.87. The van der Waals surface area contributed by atoms with Gasteiger partial charge in [0, 0.05) is 12.0 Å². The molecule has 0 saturated heterocycles. The maximum Gasteiger partial charge on any atom is 0.224 e. The summed E-state index contributed by atoms with van der Waals surface area (Å²) < 4.78 is 49.1. The fraction of sp³-hybridized carbons (Fsp3) is 0.294. The predicted octanol–water partition coefficient (Wildman–Crippen LogP) is 2.43. The lowest BCUT2D eigenvalue weighted by atomic mass is 9.86. The molecule has 0 N–H and O–H groups in total. The Morgan fingerprint density at radius 2 is 1.04 bits per heavy atom. The van der Waals surface area contributed by atoms with Crippen molar-refractivity contribution in [3.05, 3.63) is 71.8 Å². The van der Waals surface area contributed by atoms with Gasteiger partial charge < -0.3 is 0 Å². The first kappa shape index (κ1) is 18.6. The van der Waals surface area contributed by atoms with Crippen molar-refractivity contribution < 1.29 is 16.8 Å². The van der Waals surface area contributed by atoms with E-state index in [-0.39, 0.29) is 0 Å². The second kappa shape index (κ2) is 7.04. The standard InChI is InChI=1S/C17H21NO4S2/c1-14(18(23(2,19)20)24(3,21)22)17(15-10-6-4-7-11-15)16-12-8-5-9-13-16/h4-14,17H,1-3H3. The molecule has 1 unspecified atom stereocenters. The van der Waals surface area contributed by atoms with Gasteiger partial charge in [0.05, 0.1) is 12.5 Å². The zero-order chi connectivity index (χ0) is 18.0. The fourth-order valence-electron chi connectivity index (χ4n) is 3.04. The molecule has 0 bridgehead atoms. The van der Waals surface area contributed by atoms with E-state index < -0.39 is 32.0 Å². The molecule has 7 heteroatoms. The van der Waals surface area contributed by atoms with E-state index in [1.807, 2.05) is 60.7 Å². The van der Waals surface area contributed by atoms with Gasteiger partial charge in [0.1, 0.15) is 0 Å². The van der Waals surface area contributed by atoms with Crippen molar-refractivity contribution in [2.45, 2.75) is 18.9 Å². The number of benzene rings is 2. The Hall–Kier alpha value is -1.70. The summed E-state index contributed by atoms with van der Waals surface area (Å²) in [5.41, 5.74) is 1.71. The van der Waals surface area contributed by atoms with Gasteiger partial charge in [0.15, 0.2) is 0 Å². The van der Waals surface area contributed by atoms with Gasteiger partial charge in [-0.25, -0.2) is 16.8 Å². The van der Waals surface area contributed by atoms with Crippen LogP contribution in [0.1, 0.15) is 24.0 Å². The van der Waals surface area contributed by atoms with E-state index in [2.05, 4.69) is 0 Å². The molecule has 2 aromatic carbocycles. The fourth-order valence-corrected chi connectivity index (χ4v) is 6.46. The van der Waals surface area contributed by atoms with Gasteiger partial charge in [-0.1, -0.05) is 64.4 Å². The Kier molecular flexibility index (Phi) is 5.47. The molecule has 0 aliphatic carbocycles. The van der Waals surface area contributed by atoms with Gasteiger partial charge in [-0.3, -0.25) is 0 Å². The topological polar surface area (TPSA) is 71.5 Å². The first-order chi connectivity index (χ1) is 11.1. The summed E-state index contributed by atoms with van der Waals surface area (Å²) in [5.74, 6) is -0.406. The van der Waals surface area contributed by atoms with E-state index in [1.165, 1.54) is 0 Å². The third kappa shape index (κ3) is 4.23. The highest BCUT2D eigenvalue weighted by Crippen LogP contribution is 2.32. The molecule has 2 aromatic rings. The second-order valence-electron chi connectivity index (χ2n) is 5.79. The molecule has 0 radical (unpaired) electrons. The van der Waals surface area contributed by atoms with Crippen LogP contribution >= 0.6 is 0 Å². The zero-order valence-corrected chi connectivity index (χ0v) is 15.5. The van der Waals surface area contributed by atoms with Crippen molar-refractivity contribution in [1.29, 1.82) is 0 Å². The van der Waals surface area contributed by atoms with Crippen LogP contribution < -0.4 is 0 Å². The third-order valence-corrected chi connectivity index (χ3v) is 7.38. The van der Waals surface area contributed by atoms with Crippen LogP contribution in [0.5, 0.6) is 0 Å². The summed E-state index contributed by atoms with van der Waals surface area (Å²) >= 11 is 0. The van der Waals surface area contributed by atoms with Crippen molar-refractivity contribution in [1.82, 2.24) is 3.71 Å². The molecule has 130 valence electrons. The average molecular weight is 367 g/mol. The second-order valence-corrected chi connectivity index (χ2v) is 9.74. The van der Waals surface area contributed by atoms with Crippen LogP contribution in [0.4, 0.5) is 0 Å². The maximum absolute atomic E-state index is 12.1. The molecular weight excluding hydrogens is 346 g/mol. The largest absolute Gasteiger partial charge is 0.224 e. The minimum atomic E-state index is -3.94. The first-order valence-electron chi connectivity index (χ1n) is 7.42. The highest BCUT2D eigenvalue weighted by atomic mass is 32.3. The predicted molar refractivity (Wildman–Crippen MR) is 95.7 cm³/mol. The Morgan fingerprint density at radius 3 is 1.33 bits per heavy atom. The van der Waals surface area contributed by atoms with E-state index >= 15 is 0 Å². The number of nitrogens with zero attached hydrogens (tertiary/aromatic N) is 1. The molecule has 0 spiro atoms. The molecule has 1 atom stereocenters. The first-order valence-corrected chi connectivity index (χ1v) is 11.1. The van der Waals surface area contributed by atoms with Gasteiger partial charge in [0.25, 0.3) is 0 Å². The molecule has 0 aromatic heterocycles. The Balaban J connectivity index is 2.63. The lowest BCUT2D eigenvalue weighted by molar-refractivity contribution is 0.418. The minimum absolute atomic E-state index is 0.406. The van der Waals surface area contributed by atoms with Crippen LogP contribution in [0.2, 0.25) is 0 Å². The van der Waals surface area contributed by atoms with Gasteiger partial charge in [-0.05, 0) is 18.1 Å². The van der Waals surface area contributed by atoms with Crippen LogP contribution in [0.15, 0.2) is 60.7 Å². The SMILES string of the molecule is CC(C(c1ccccc1)c1ccccc1)N(S(C)(=O)=O)S(C)(=O)=O. The van der Waals surface area contributed by atoms with Gasteiger partial charge in [-0.15, -0.1) is 0 Å². The van der Waals surface area contributed by atoms with Crippen molar-refractivity contribution in [2.24, 2.45) is 0 Å². The summed E-state index contributed by atoms with van der Waals surface area (Å²) in [6, 6.07) is 17.8. The van der Waals surface area contributed by atoms with Crippen molar-refractivity contribution in [2.75, 3.05) is 12.5 Å². The van der Waals surface area contributed by atoms with Crippen LogP contribution in [-0.2, 0) is 20.0 Å². The molecule has 5 nitrogen and oxygen atoms in total. The van der Waals surface area contributed by atoms with Crippen molar-refractivity contribution in [3.63, 3.8) is 0 Å².